The Morgan fingerprint density at radius 3 is 2.72 bits per heavy atom. The molecule has 0 saturated carbocycles. The van der Waals surface area contributed by atoms with Crippen LogP contribution in [-0.2, 0) is 6.54 Å². The number of aromatic amines is 1. The topological polar surface area (TPSA) is 65.2 Å². The molecular weight excluding hydrogens is 321 g/mol. The second-order valence-corrected chi connectivity index (χ2v) is 6.50. The van der Waals surface area contributed by atoms with Gasteiger partial charge in [-0.1, -0.05) is 12.1 Å². The Morgan fingerprint density at radius 2 is 2.04 bits per heavy atom. The molecule has 132 valence electrons. The third kappa shape index (κ3) is 3.73. The van der Waals surface area contributed by atoms with Crippen molar-refractivity contribution in [3.63, 3.8) is 0 Å². The fourth-order valence-electron chi connectivity index (χ4n) is 3.41. The lowest BCUT2D eigenvalue weighted by molar-refractivity contribution is 0.192. The first-order valence-corrected chi connectivity index (χ1v) is 8.45. The van der Waals surface area contributed by atoms with Crippen LogP contribution in [0.25, 0.3) is 0 Å². The van der Waals surface area contributed by atoms with Gasteiger partial charge >= 0.3 is 6.03 Å². The number of nitrogens with one attached hydrogen (secondary N) is 2. The van der Waals surface area contributed by atoms with Crippen LogP contribution in [0.2, 0.25) is 0 Å². The lowest BCUT2D eigenvalue weighted by Crippen LogP contribution is -2.40. The van der Waals surface area contributed by atoms with Crippen LogP contribution in [-0.4, -0.2) is 22.5 Å². The molecule has 0 radical (unpaired) electrons. The number of benzene rings is 1. The number of urea groups is 1. The van der Waals surface area contributed by atoms with Crippen molar-refractivity contribution in [2.24, 2.45) is 0 Å². The molecule has 6 heteroatoms. The van der Waals surface area contributed by atoms with E-state index < -0.39 is 0 Å². The zero-order chi connectivity index (χ0) is 18.0. The number of nitrogens with zero attached hydrogens (tertiary/aromatic N) is 1. The zero-order valence-corrected chi connectivity index (χ0v) is 14.4. The van der Waals surface area contributed by atoms with E-state index in [2.05, 4.69) is 10.3 Å². The molecule has 0 aliphatic carbocycles. The molecule has 1 atom stereocenters. The number of H-pyrrole nitrogens is 1. The van der Waals surface area contributed by atoms with Gasteiger partial charge in [-0.05, 0) is 56.0 Å². The van der Waals surface area contributed by atoms with Crippen LogP contribution in [0.5, 0.6) is 0 Å². The van der Waals surface area contributed by atoms with Crippen LogP contribution in [0.4, 0.5) is 9.18 Å². The number of hydrogen-bond donors (Lipinski definition) is 2. The lowest BCUT2D eigenvalue weighted by Gasteiger charge is -2.25. The number of aromatic nitrogens is 1. The van der Waals surface area contributed by atoms with E-state index in [1.54, 1.807) is 17.0 Å². The third-order valence-electron chi connectivity index (χ3n) is 4.68. The normalized spacial score (nSPS) is 16.9. The summed E-state index contributed by atoms with van der Waals surface area (Å²) in [6.45, 7) is 4.53. The molecule has 1 aromatic heterocycles. The van der Waals surface area contributed by atoms with Crippen molar-refractivity contribution in [3.05, 3.63) is 68.9 Å². The number of pyridine rings is 1. The molecule has 2 N–H and O–H groups in total. The molecule has 1 aliphatic rings. The Balaban J connectivity index is 1.70. The minimum Gasteiger partial charge on any atom is -0.334 e. The van der Waals surface area contributed by atoms with E-state index in [1.165, 1.54) is 12.1 Å². The fourth-order valence-corrected chi connectivity index (χ4v) is 3.41. The van der Waals surface area contributed by atoms with E-state index in [0.29, 0.717) is 12.1 Å². The van der Waals surface area contributed by atoms with E-state index >= 15 is 0 Å². The van der Waals surface area contributed by atoms with Gasteiger partial charge in [-0.15, -0.1) is 0 Å². The van der Waals surface area contributed by atoms with Gasteiger partial charge in [0, 0.05) is 17.8 Å². The smallest absolute Gasteiger partial charge is 0.318 e. The summed E-state index contributed by atoms with van der Waals surface area (Å²) in [5, 5.41) is 2.85. The van der Waals surface area contributed by atoms with Crippen molar-refractivity contribution in [1.82, 2.24) is 15.2 Å². The molecule has 1 aromatic carbocycles. The van der Waals surface area contributed by atoms with Crippen molar-refractivity contribution in [2.45, 2.75) is 39.3 Å². The Kier molecular flexibility index (Phi) is 4.88. The molecule has 2 amide bonds. The minimum absolute atomic E-state index is 0.0574. The Hall–Kier alpha value is -2.63. The van der Waals surface area contributed by atoms with Gasteiger partial charge in [0.15, 0.2) is 0 Å². The first-order valence-electron chi connectivity index (χ1n) is 8.45. The highest BCUT2D eigenvalue weighted by Crippen LogP contribution is 2.31. The molecule has 0 unspecified atom stereocenters. The average Bonchev–Trinajstić information content (AvgIpc) is 3.04. The minimum atomic E-state index is -0.285. The second kappa shape index (κ2) is 7.09. The third-order valence-corrected chi connectivity index (χ3v) is 4.68. The van der Waals surface area contributed by atoms with Gasteiger partial charge in [0.25, 0.3) is 5.56 Å². The number of hydrogen-bond acceptors (Lipinski definition) is 2. The Bertz CT molecular complexity index is 830. The summed E-state index contributed by atoms with van der Waals surface area (Å²) in [6, 6.07) is 7.91. The van der Waals surface area contributed by atoms with Crippen LogP contribution in [0, 0.1) is 19.7 Å². The van der Waals surface area contributed by atoms with Crippen molar-refractivity contribution in [2.75, 3.05) is 6.54 Å². The molecule has 25 heavy (non-hydrogen) atoms. The van der Waals surface area contributed by atoms with Gasteiger partial charge < -0.3 is 15.2 Å². The van der Waals surface area contributed by atoms with Gasteiger partial charge in [-0.25, -0.2) is 9.18 Å². The van der Waals surface area contributed by atoms with Crippen LogP contribution in [0.3, 0.4) is 0 Å². The molecule has 1 saturated heterocycles. The molecule has 3 rings (SSSR count). The Morgan fingerprint density at radius 1 is 1.32 bits per heavy atom. The molecular formula is C19H22FN3O2. The first-order chi connectivity index (χ1) is 12.0. The predicted molar refractivity (Wildman–Crippen MR) is 93.9 cm³/mol. The van der Waals surface area contributed by atoms with E-state index in [0.717, 1.165) is 29.7 Å². The lowest BCUT2D eigenvalue weighted by atomic mass is 10.0. The largest absolute Gasteiger partial charge is 0.334 e. The van der Waals surface area contributed by atoms with Gasteiger partial charge in [0.1, 0.15) is 5.82 Å². The van der Waals surface area contributed by atoms with Crippen molar-refractivity contribution < 1.29 is 9.18 Å². The Labute approximate surface area is 145 Å². The number of amides is 2. The second-order valence-electron chi connectivity index (χ2n) is 6.50. The maximum Gasteiger partial charge on any atom is 0.318 e. The van der Waals surface area contributed by atoms with Gasteiger partial charge in [0.05, 0.1) is 12.6 Å². The SMILES string of the molecule is Cc1cc(C)c(CNC(=O)N2CCC[C@H]2c2ccc(F)cc2)c(=O)[nH]1. The number of carbonyl (C=O) groups is 1. The monoisotopic (exact) mass is 343 g/mol. The summed E-state index contributed by atoms with van der Waals surface area (Å²) in [7, 11) is 0. The summed E-state index contributed by atoms with van der Waals surface area (Å²) >= 11 is 0. The van der Waals surface area contributed by atoms with Crippen LogP contribution in [0.15, 0.2) is 35.1 Å². The van der Waals surface area contributed by atoms with Crippen LogP contribution in [0.1, 0.15) is 41.3 Å². The van der Waals surface area contributed by atoms with Crippen LogP contribution >= 0.6 is 0 Å². The van der Waals surface area contributed by atoms with Crippen molar-refractivity contribution in [3.8, 4) is 0 Å². The molecule has 5 nitrogen and oxygen atoms in total. The maximum absolute atomic E-state index is 13.1. The summed E-state index contributed by atoms with van der Waals surface area (Å²) in [6.07, 6.45) is 1.75. The van der Waals surface area contributed by atoms with Gasteiger partial charge in [-0.3, -0.25) is 4.79 Å². The number of carbonyl (C=O) groups excluding carboxylic acids is 1. The molecule has 1 fully saturated rings. The number of rotatable bonds is 3. The molecule has 0 bridgehead atoms. The van der Waals surface area contributed by atoms with Crippen molar-refractivity contribution in [1.29, 1.82) is 0 Å². The number of aryl methyl sites for hydroxylation is 2. The summed E-state index contributed by atoms with van der Waals surface area (Å²) in [5.41, 5.74) is 2.98. The zero-order valence-electron chi connectivity index (χ0n) is 14.4. The quantitative estimate of drug-likeness (QED) is 0.899. The highest BCUT2D eigenvalue weighted by atomic mass is 19.1. The highest BCUT2D eigenvalue weighted by Gasteiger charge is 2.29. The van der Waals surface area contributed by atoms with E-state index in [-0.39, 0.29) is 30.0 Å². The van der Waals surface area contributed by atoms with E-state index in [4.69, 9.17) is 0 Å². The van der Waals surface area contributed by atoms with Gasteiger partial charge in [-0.2, -0.15) is 0 Å². The summed E-state index contributed by atoms with van der Waals surface area (Å²) < 4.78 is 13.1. The van der Waals surface area contributed by atoms with Gasteiger partial charge in [0.2, 0.25) is 0 Å². The number of likely N-dealkylation sites (tertiary alicyclic amines) is 1. The summed E-state index contributed by atoms with van der Waals surface area (Å²) in [4.78, 5) is 29.2. The van der Waals surface area contributed by atoms with Crippen molar-refractivity contribution >= 4 is 6.03 Å². The average molecular weight is 343 g/mol. The first kappa shape index (κ1) is 17.2. The molecule has 0 spiro atoms. The van der Waals surface area contributed by atoms with Crippen LogP contribution < -0.4 is 10.9 Å². The summed E-state index contributed by atoms with van der Waals surface area (Å²) in [5.74, 6) is -0.285. The predicted octanol–water partition coefficient (Wildman–Crippen LogP) is 3.18. The molecule has 2 heterocycles. The van der Waals surface area contributed by atoms with E-state index in [1.807, 2.05) is 19.9 Å². The maximum atomic E-state index is 13.1. The standard InChI is InChI=1S/C19H22FN3O2/c1-12-10-13(2)22-18(24)16(12)11-21-19(25)23-9-3-4-17(23)14-5-7-15(20)8-6-14/h5-8,10,17H,3-4,9,11H2,1-2H3,(H,21,25)(H,22,24)/t17-/m0/s1. The molecule has 1 aliphatic heterocycles. The highest BCUT2D eigenvalue weighted by molar-refractivity contribution is 5.75. The fraction of sp³-hybridized carbons (Fsp3) is 0.368. The molecule has 2 aromatic rings. The van der Waals surface area contributed by atoms with E-state index in [9.17, 15) is 14.0 Å². The number of halogens is 1.